The van der Waals surface area contributed by atoms with Crippen molar-refractivity contribution >= 4 is 17.2 Å². The van der Waals surface area contributed by atoms with Gasteiger partial charge in [0, 0.05) is 23.4 Å². The molecule has 1 aromatic heterocycles. The standard InChI is InChI=1S/C15H18N2OS/c1-11(2)15(18)17-10-14-16-9-13(19-14)8-12-6-4-3-5-7-12/h3-7,9,11H,8,10H2,1-2H3,(H,17,18). The summed E-state index contributed by atoms with van der Waals surface area (Å²) in [5.41, 5.74) is 1.28. The van der Waals surface area contributed by atoms with Gasteiger partial charge in [0.15, 0.2) is 0 Å². The fourth-order valence-corrected chi connectivity index (χ4v) is 2.57. The second kappa shape index (κ2) is 6.48. The summed E-state index contributed by atoms with van der Waals surface area (Å²) >= 11 is 1.66. The van der Waals surface area contributed by atoms with Crippen LogP contribution in [0.25, 0.3) is 0 Å². The SMILES string of the molecule is CC(C)C(=O)NCc1ncc(Cc2ccccc2)s1. The number of benzene rings is 1. The molecule has 0 fully saturated rings. The zero-order chi connectivity index (χ0) is 13.7. The van der Waals surface area contributed by atoms with Gasteiger partial charge in [0.05, 0.1) is 6.54 Å². The van der Waals surface area contributed by atoms with Crippen molar-refractivity contribution < 1.29 is 4.79 Å². The number of nitrogens with one attached hydrogen (secondary N) is 1. The Labute approximate surface area is 117 Å². The van der Waals surface area contributed by atoms with Crippen LogP contribution in [-0.2, 0) is 17.8 Å². The van der Waals surface area contributed by atoms with Gasteiger partial charge in [-0.15, -0.1) is 11.3 Å². The molecule has 19 heavy (non-hydrogen) atoms. The summed E-state index contributed by atoms with van der Waals surface area (Å²) in [6.45, 7) is 4.30. The molecule has 2 rings (SSSR count). The van der Waals surface area contributed by atoms with Gasteiger partial charge in [-0.3, -0.25) is 4.79 Å². The van der Waals surface area contributed by atoms with Crippen molar-refractivity contribution in [2.75, 3.05) is 0 Å². The van der Waals surface area contributed by atoms with Gasteiger partial charge < -0.3 is 5.32 Å². The average molecular weight is 274 g/mol. The molecule has 0 radical (unpaired) electrons. The monoisotopic (exact) mass is 274 g/mol. The number of aromatic nitrogens is 1. The van der Waals surface area contributed by atoms with E-state index in [1.54, 1.807) is 11.3 Å². The van der Waals surface area contributed by atoms with Crippen molar-refractivity contribution in [3.63, 3.8) is 0 Å². The maximum atomic E-state index is 11.5. The summed E-state index contributed by atoms with van der Waals surface area (Å²) in [6.07, 6.45) is 2.80. The summed E-state index contributed by atoms with van der Waals surface area (Å²) < 4.78 is 0. The van der Waals surface area contributed by atoms with Crippen LogP contribution in [0.15, 0.2) is 36.5 Å². The summed E-state index contributed by atoms with van der Waals surface area (Å²) in [5.74, 6) is 0.0866. The third-order valence-corrected chi connectivity index (χ3v) is 3.76. The highest BCUT2D eigenvalue weighted by molar-refractivity contribution is 7.11. The number of rotatable bonds is 5. The maximum absolute atomic E-state index is 11.5. The van der Waals surface area contributed by atoms with E-state index in [0.29, 0.717) is 6.54 Å². The molecule has 0 unspecified atom stereocenters. The van der Waals surface area contributed by atoms with Crippen molar-refractivity contribution in [3.05, 3.63) is 52.0 Å². The number of carbonyl (C=O) groups is 1. The number of nitrogens with zero attached hydrogens (tertiary/aromatic N) is 1. The van der Waals surface area contributed by atoms with E-state index in [4.69, 9.17) is 0 Å². The van der Waals surface area contributed by atoms with Gasteiger partial charge in [-0.2, -0.15) is 0 Å². The Morgan fingerprint density at radius 3 is 2.74 bits per heavy atom. The van der Waals surface area contributed by atoms with Crippen LogP contribution in [0, 0.1) is 5.92 Å². The lowest BCUT2D eigenvalue weighted by molar-refractivity contribution is -0.124. The van der Waals surface area contributed by atoms with E-state index in [1.165, 1.54) is 10.4 Å². The molecule has 2 aromatic rings. The summed E-state index contributed by atoms with van der Waals surface area (Å²) in [7, 11) is 0. The number of hydrogen-bond acceptors (Lipinski definition) is 3. The molecule has 0 aliphatic heterocycles. The molecule has 0 atom stereocenters. The van der Waals surface area contributed by atoms with E-state index >= 15 is 0 Å². The largest absolute Gasteiger partial charge is 0.349 e. The molecule has 100 valence electrons. The molecule has 0 saturated carbocycles. The number of thiazole rings is 1. The van der Waals surface area contributed by atoms with Gasteiger partial charge in [-0.1, -0.05) is 44.2 Å². The molecule has 0 spiro atoms. The van der Waals surface area contributed by atoms with Crippen LogP contribution in [0.1, 0.15) is 29.3 Å². The second-order valence-electron chi connectivity index (χ2n) is 4.76. The van der Waals surface area contributed by atoms with Crippen LogP contribution in [0.4, 0.5) is 0 Å². The molecule has 0 saturated heterocycles. The van der Waals surface area contributed by atoms with E-state index in [-0.39, 0.29) is 11.8 Å². The van der Waals surface area contributed by atoms with Gasteiger partial charge in [0.25, 0.3) is 0 Å². The van der Waals surface area contributed by atoms with E-state index < -0.39 is 0 Å². The van der Waals surface area contributed by atoms with Crippen LogP contribution >= 0.6 is 11.3 Å². The topological polar surface area (TPSA) is 42.0 Å². The van der Waals surface area contributed by atoms with E-state index in [2.05, 4.69) is 22.4 Å². The Kier molecular flexibility index (Phi) is 4.68. The maximum Gasteiger partial charge on any atom is 0.222 e. The highest BCUT2D eigenvalue weighted by Gasteiger charge is 2.08. The first kappa shape index (κ1) is 13.7. The lowest BCUT2D eigenvalue weighted by Crippen LogP contribution is -2.26. The van der Waals surface area contributed by atoms with E-state index in [0.717, 1.165) is 11.4 Å². The molecule has 1 N–H and O–H groups in total. The third-order valence-electron chi connectivity index (χ3n) is 2.76. The van der Waals surface area contributed by atoms with Crippen LogP contribution in [0.2, 0.25) is 0 Å². The first-order chi connectivity index (χ1) is 9.15. The van der Waals surface area contributed by atoms with Gasteiger partial charge in [0.1, 0.15) is 5.01 Å². The summed E-state index contributed by atoms with van der Waals surface area (Å²) in [6, 6.07) is 10.3. The van der Waals surface area contributed by atoms with Crippen LogP contribution in [-0.4, -0.2) is 10.9 Å². The van der Waals surface area contributed by atoms with Crippen LogP contribution < -0.4 is 5.32 Å². The number of carbonyl (C=O) groups excluding carboxylic acids is 1. The van der Waals surface area contributed by atoms with Crippen LogP contribution in [0.3, 0.4) is 0 Å². The molecular formula is C15H18N2OS. The molecule has 0 aliphatic carbocycles. The minimum atomic E-state index is 0.0174. The Morgan fingerprint density at radius 1 is 1.32 bits per heavy atom. The van der Waals surface area contributed by atoms with Crippen molar-refractivity contribution in [1.29, 1.82) is 0 Å². The van der Waals surface area contributed by atoms with Crippen molar-refractivity contribution in [2.24, 2.45) is 5.92 Å². The summed E-state index contributed by atoms with van der Waals surface area (Å²) in [4.78, 5) is 17.0. The quantitative estimate of drug-likeness (QED) is 0.910. The third kappa shape index (κ3) is 4.17. The second-order valence-corrected chi connectivity index (χ2v) is 5.95. The van der Waals surface area contributed by atoms with Gasteiger partial charge >= 0.3 is 0 Å². The molecule has 4 heteroatoms. The normalized spacial score (nSPS) is 10.7. The van der Waals surface area contributed by atoms with Gasteiger partial charge in [-0.25, -0.2) is 4.98 Å². The van der Waals surface area contributed by atoms with E-state index in [9.17, 15) is 4.79 Å². The fourth-order valence-electron chi connectivity index (χ4n) is 1.68. The Balaban J connectivity index is 1.91. The zero-order valence-corrected chi connectivity index (χ0v) is 12.0. The van der Waals surface area contributed by atoms with Crippen molar-refractivity contribution in [1.82, 2.24) is 10.3 Å². The zero-order valence-electron chi connectivity index (χ0n) is 11.2. The molecular weight excluding hydrogens is 256 g/mol. The summed E-state index contributed by atoms with van der Waals surface area (Å²) in [5, 5.41) is 3.84. The van der Waals surface area contributed by atoms with Gasteiger partial charge in [0.2, 0.25) is 5.91 Å². The molecule has 1 aromatic carbocycles. The van der Waals surface area contributed by atoms with Crippen molar-refractivity contribution in [3.8, 4) is 0 Å². The Hall–Kier alpha value is -1.68. The lowest BCUT2D eigenvalue weighted by Gasteiger charge is -2.04. The molecule has 3 nitrogen and oxygen atoms in total. The van der Waals surface area contributed by atoms with E-state index in [1.807, 2.05) is 38.2 Å². The minimum Gasteiger partial charge on any atom is -0.349 e. The predicted octanol–water partition coefficient (Wildman–Crippen LogP) is 3.01. The smallest absolute Gasteiger partial charge is 0.222 e. The molecule has 1 amide bonds. The highest BCUT2D eigenvalue weighted by Crippen LogP contribution is 2.17. The first-order valence-electron chi connectivity index (χ1n) is 6.40. The Morgan fingerprint density at radius 2 is 2.05 bits per heavy atom. The number of hydrogen-bond donors (Lipinski definition) is 1. The highest BCUT2D eigenvalue weighted by atomic mass is 32.1. The van der Waals surface area contributed by atoms with Crippen molar-refractivity contribution in [2.45, 2.75) is 26.8 Å². The first-order valence-corrected chi connectivity index (χ1v) is 7.22. The number of amides is 1. The van der Waals surface area contributed by atoms with Gasteiger partial charge in [-0.05, 0) is 5.56 Å². The molecule has 0 bridgehead atoms. The Bertz CT molecular complexity index is 534. The molecule has 0 aliphatic rings. The minimum absolute atomic E-state index is 0.0174. The predicted molar refractivity (Wildman–Crippen MR) is 78.0 cm³/mol. The lowest BCUT2D eigenvalue weighted by atomic mass is 10.1. The van der Waals surface area contributed by atoms with Crippen LogP contribution in [0.5, 0.6) is 0 Å². The molecule has 1 heterocycles. The average Bonchev–Trinajstić information content (AvgIpc) is 2.84. The fraction of sp³-hybridized carbons (Fsp3) is 0.333.